The van der Waals surface area contributed by atoms with E-state index in [1.807, 2.05) is 10.9 Å². The van der Waals surface area contributed by atoms with Gasteiger partial charge in [0.2, 0.25) is 0 Å². The van der Waals surface area contributed by atoms with E-state index in [4.69, 9.17) is 4.74 Å². The first-order chi connectivity index (χ1) is 7.31. The lowest BCUT2D eigenvalue weighted by atomic mass is 10.2. The summed E-state index contributed by atoms with van der Waals surface area (Å²) in [7, 11) is 1.45. The monoisotopic (exact) mass is 226 g/mol. The van der Waals surface area contributed by atoms with Crippen molar-refractivity contribution in [2.45, 2.75) is 25.4 Å². The number of esters is 1. The molecule has 0 spiro atoms. The van der Waals surface area contributed by atoms with Gasteiger partial charge in [0.1, 0.15) is 6.04 Å². The maximum Gasteiger partial charge on any atom is 0.323 e. The van der Waals surface area contributed by atoms with Crippen molar-refractivity contribution in [2.75, 3.05) is 13.7 Å². The van der Waals surface area contributed by atoms with Gasteiger partial charge in [-0.2, -0.15) is 0 Å². The minimum atomic E-state index is -0.122. The summed E-state index contributed by atoms with van der Waals surface area (Å²) in [6.07, 6.45) is 1.96. The van der Waals surface area contributed by atoms with Crippen LogP contribution in [0, 0.1) is 0 Å². The van der Waals surface area contributed by atoms with Gasteiger partial charge in [-0.05, 0) is 19.4 Å². The fourth-order valence-electron chi connectivity index (χ4n) is 1.94. The first-order valence-corrected chi connectivity index (χ1v) is 5.94. The summed E-state index contributed by atoms with van der Waals surface area (Å²) >= 11 is 1.58. The lowest BCUT2D eigenvalue weighted by molar-refractivity contribution is -0.146. The van der Waals surface area contributed by atoms with Gasteiger partial charge in [0, 0.05) is 11.9 Å². The number of nitrogens with zero attached hydrogens (tertiary/aromatic N) is 2. The van der Waals surface area contributed by atoms with E-state index in [1.54, 1.807) is 11.3 Å². The van der Waals surface area contributed by atoms with Crippen LogP contribution in [0.15, 0.2) is 10.9 Å². The molecular formula is C10H14N2O2S. The minimum absolute atomic E-state index is 0.0725. The number of carbonyl (C=O) groups is 1. The predicted octanol–water partition coefficient (Wildman–Crippen LogP) is 1.28. The SMILES string of the molecule is COC(=O)C1CCCN1Cc1cscn1. The van der Waals surface area contributed by atoms with Gasteiger partial charge in [0.05, 0.1) is 18.3 Å². The molecule has 0 N–H and O–H groups in total. The van der Waals surface area contributed by atoms with Crippen LogP contribution in [0.4, 0.5) is 0 Å². The van der Waals surface area contributed by atoms with Crippen LogP contribution in [-0.2, 0) is 16.1 Å². The third-order valence-corrected chi connectivity index (χ3v) is 3.32. The number of thiazole rings is 1. The zero-order valence-electron chi connectivity index (χ0n) is 8.68. The van der Waals surface area contributed by atoms with E-state index >= 15 is 0 Å². The van der Waals surface area contributed by atoms with Crippen LogP contribution >= 0.6 is 11.3 Å². The molecule has 4 nitrogen and oxygen atoms in total. The Labute approximate surface area is 92.9 Å². The summed E-state index contributed by atoms with van der Waals surface area (Å²) < 4.78 is 4.79. The summed E-state index contributed by atoms with van der Waals surface area (Å²) in [6.45, 7) is 1.71. The van der Waals surface area contributed by atoms with Crippen LogP contribution in [0.25, 0.3) is 0 Å². The highest BCUT2D eigenvalue weighted by molar-refractivity contribution is 7.07. The van der Waals surface area contributed by atoms with Gasteiger partial charge in [-0.1, -0.05) is 0 Å². The van der Waals surface area contributed by atoms with Crippen molar-refractivity contribution in [1.82, 2.24) is 9.88 Å². The fraction of sp³-hybridized carbons (Fsp3) is 0.600. The van der Waals surface area contributed by atoms with E-state index in [9.17, 15) is 4.79 Å². The van der Waals surface area contributed by atoms with Gasteiger partial charge < -0.3 is 4.74 Å². The highest BCUT2D eigenvalue weighted by Crippen LogP contribution is 2.20. The molecule has 5 heteroatoms. The Bertz CT molecular complexity index is 326. The second-order valence-corrected chi connectivity index (χ2v) is 4.35. The zero-order valence-corrected chi connectivity index (χ0v) is 9.50. The molecule has 1 aromatic rings. The number of hydrogen-bond donors (Lipinski definition) is 0. The molecule has 1 fully saturated rings. The van der Waals surface area contributed by atoms with E-state index in [-0.39, 0.29) is 12.0 Å². The summed E-state index contributed by atoms with van der Waals surface area (Å²) in [6, 6.07) is -0.0725. The number of hydrogen-bond acceptors (Lipinski definition) is 5. The largest absolute Gasteiger partial charge is 0.468 e. The van der Waals surface area contributed by atoms with E-state index in [0.29, 0.717) is 0 Å². The smallest absolute Gasteiger partial charge is 0.323 e. The Hall–Kier alpha value is -0.940. The quantitative estimate of drug-likeness (QED) is 0.728. The number of likely N-dealkylation sites (tertiary alicyclic amines) is 1. The molecular weight excluding hydrogens is 212 g/mol. The topological polar surface area (TPSA) is 42.4 Å². The highest BCUT2D eigenvalue weighted by Gasteiger charge is 2.31. The third kappa shape index (κ3) is 2.35. The van der Waals surface area contributed by atoms with Crippen LogP contribution in [0.2, 0.25) is 0 Å². The minimum Gasteiger partial charge on any atom is -0.468 e. The van der Waals surface area contributed by atoms with Crippen molar-refractivity contribution >= 4 is 17.3 Å². The molecule has 1 atom stereocenters. The second-order valence-electron chi connectivity index (χ2n) is 3.63. The van der Waals surface area contributed by atoms with Crippen molar-refractivity contribution in [3.63, 3.8) is 0 Å². The van der Waals surface area contributed by atoms with Crippen molar-refractivity contribution in [1.29, 1.82) is 0 Å². The van der Waals surface area contributed by atoms with E-state index in [1.165, 1.54) is 7.11 Å². The van der Waals surface area contributed by atoms with Gasteiger partial charge in [-0.25, -0.2) is 4.98 Å². The molecule has 15 heavy (non-hydrogen) atoms. The molecule has 1 aromatic heterocycles. The lowest BCUT2D eigenvalue weighted by Gasteiger charge is -2.20. The molecule has 0 aliphatic carbocycles. The van der Waals surface area contributed by atoms with Crippen LogP contribution in [0.5, 0.6) is 0 Å². The van der Waals surface area contributed by atoms with E-state index in [2.05, 4.69) is 9.88 Å². The number of rotatable bonds is 3. The molecule has 0 amide bonds. The van der Waals surface area contributed by atoms with Gasteiger partial charge in [0.25, 0.3) is 0 Å². The maximum absolute atomic E-state index is 11.5. The van der Waals surface area contributed by atoms with Crippen molar-refractivity contribution in [2.24, 2.45) is 0 Å². The average molecular weight is 226 g/mol. The molecule has 0 aromatic carbocycles. The van der Waals surface area contributed by atoms with Gasteiger partial charge in [-0.3, -0.25) is 9.69 Å². The Morgan fingerprint density at radius 3 is 3.33 bits per heavy atom. The molecule has 0 radical (unpaired) electrons. The van der Waals surface area contributed by atoms with Crippen molar-refractivity contribution in [3.05, 3.63) is 16.6 Å². The first-order valence-electron chi connectivity index (χ1n) is 5.00. The van der Waals surface area contributed by atoms with Crippen molar-refractivity contribution < 1.29 is 9.53 Å². The zero-order chi connectivity index (χ0) is 10.7. The molecule has 0 bridgehead atoms. The second kappa shape index (κ2) is 4.72. The van der Waals surface area contributed by atoms with E-state index < -0.39 is 0 Å². The summed E-state index contributed by atoms with van der Waals surface area (Å²) in [4.78, 5) is 17.8. The van der Waals surface area contributed by atoms with Gasteiger partial charge in [-0.15, -0.1) is 11.3 Å². The summed E-state index contributed by atoms with van der Waals surface area (Å²) in [5.74, 6) is -0.122. The molecule has 1 unspecified atom stereocenters. The number of ether oxygens (including phenoxy) is 1. The average Bonchev–Trinajstić information content (AvgIpc) is 2.88. The van der Waals surface area contributed by atoms with Crippen molar-refractivity contribution in [3.8, 4) is 0 Å². The number of carbonyl (C=O) groups excluding carboxylic acids is 1. The van der Waals surface area contributed by atoms with Gasteiger partial charge in [0.15, 0.2) is 0 Å². The molecule has 1 aliphatic rings. The first kappa shape index (κ1) is 10.6. The highest BCUT2D eigenvalue weighted by atomic mass is 32.1. The standard InChI is InChI=1S/C10H14N2O2S/c1-14-10(13)9-3-2-4-12(9)5-8-6-15-7-11-8/h6-7,9H,2-5H2,1H3. The molecule has 2 heterocycles. The Balaban J connectivity index is 1.99. The lowest BCUT2D eigenvalue weighted by Crippen LogP contribution is -2.36. The van der Waals surface area contributed by atoms with Crippen LogP contribution < -0.4 is 0 Å². The molecule has 82 valence electrons. The predicted molar refractivity (Wildman–Crippen MR) is 57.6 cm³/mol. The van der Waals surface area contributed by atoms with Crippen LogP contribution in [0.3, 0.4) is 0 Å². The molecule has 1 aliphatic heterocycles. The molecule has 1 saturated heterocycles. The summed E-state index contributed by atoms with van der Waals surface area (Å²) in [5, 5.41) is 2.02. The normalized spacial score (nSPS) is 21.8. The van der Waals surface area contributed by atoms with Gasteiger partial charge >= 0.3 is 5.97 Å². The van der Waals surface area contributed by atoms with Crippen LogP contribution in [0.1, 0.15) is 18.5 Å². The third-order valence-electron chi connectivity index (χ3n) is 2.69. The number of aromatic nitrogens is 1. The fourth-order valence-corrected chi connectivity index (χ4v) is 2.49. The number of methoxy groups -OCH3 is 1. The van der Waals surface area contributed by atoms with E-state index in [0.717, 1.165) is 31.6 Å². The Morgan fingerprint density at radius 1 is 1.80 bits per heavy atom. The Kier molecular flexibility index (Phi) is 3.33. The molecule has 0 saturated carbocycles. The Morgan fingerprint density at radius 2 is 2.67 bits per heavy atom. The maximum atomic E-state index is 11.5. The van der Waals surface area contributed by atoms with Crippen LogP contribution in [-0.4, -0.2) is 35.5 Å². The summed E-state index contributed by atoms with van der Waals surface area (Å²) in [5.41, 5.74) is 2.86. The molecule has 2 rings (SSSR count).